The molecule has 2 aromatic rings. The second kappa shape index (κ2) is 9.66. The van der Waals surface area contributed by atoms with E-state index in [1.807, 2.05) is 49.9 Å². The van der Waals surface area contributed by atoms with E-state index in [1.54, 1.807) is 0 Å². The summed E-state index contributed by atoms with van der Waals surface area (Å²) in [6, 6.07) is 10.3. The first-order chi connectivity index (χ1) is 15.5. The highest BCUT2D eigenvalue weighted by molar-refractivity contribution is 5.93. The van der Waals surface area contributed by atoms with Gasteiger partial charge in [-0.1, -0.05) is 31.9 Å². The third kappa shape index (κ3) is 4.46. The van der Waals surface area contributed by atoms with E-state index >= 15 is 0 Å². The molecule has 1 aliphatic heterocycles. The molecule has 1 aromatic carbocycles. The summed E-state index contributed by atoms with van der Waals surface area (Å²) in [7, 11) is 0. The fourth-order valence-corrected chi connectivity index (χ4v) is 4.83. The number of benzene rings is 1. The highest BCUT2D eigenvalue weighted by Crippen LogP contribution is 2.37. The van der Waals surface area contributed by atoms with Crippen LogP contribution in [-0.4, -0.2) is 47.7 Å². The molecule has 1 N–H and O–H groups in total. The van der Waals surface area contributed by atoms with Crippen LogP contribution in [0.4, 0.5) is 5.82 Å². The monoisotopic (exact) mass is 436 g/mol. The molecule has 1 unspecified atom stereocenters. The van der Waals surface area contributed by atoms with Crippen LogP contribution < -0.4 is 14.8 Å². The van der Waals surface area contributed by atoms with Gasteiger partial charge in [-0.2, -0.15) is 5.26 Å². The Morgan fingerprint density at radius 3 is 2.66 bits per heavy atom. The average molecular weight is 437 g/mol. The number of likely N-dealkylation sites (N-methyl/N-ethyl adjacent to an activating group) is 1. The highest BCUT2D eigenvalue weighted by atomic mass is 16.6. The number of ether oxygens (including phenoxy) is 2. The largest absolute Gasteiger partial charge is 0.486 e. The van der Waals surface area contributed by atoms with Crippen LogP contribution in [0.15, 0.2) is 24.3 Å². The molecule has 170 valence electrons. The smallest absolute Gasteiger partial charge is 0.239 e. The van der Waals surface area contributed by atoms with Crippen LogP contribution >= 0.6 is 0 Å². The van der Waals surface area contributed by atoms with Gasteiger partial charge >= 0.3 is 0 Å². The number of nitrogens with one attached hydrogen (secondary N) is 1. The van der Waals surface area contributed by atoms with Gasteiger partial charge in [-0.3, -0.25) is 9.69 Å². The molecule has 1 atom stereocenters. The maximum atomic E-state index is 13.0. The Morgan fingerprint density at radius 2 is 1.97 bits per heavy atom. The van der Waals surface area contributed by atoms with Gasteiger partial charge in [0.1, 0.15) is 24.6 Å². The second-order valence-corrected chi connectivity index (χ2v) is 8.73. The lowest BCUT2D eigenvalue weighted by Gasteiger charge is -2.30. The van der Waals surface area contributed by atoms with Crippen LogP contribution in [0.2, 0.25) is 0 Å². The van der Waals surface area contributed by atoms with E-state index in [-0.39, 0.29) is 18.6 Å². The molecule has 4 rings (SSSR count). The van der Waals surface area contributed by atoms with Gasteiger partial charge in [-0.15, -0.1) is 0 Å². The number of fused-ring (bicyclic) bond motifs is 1. The predicted octanol–water partition coefficient (Wildman–Crippen LogP) is 4.19. The molecular weight excluding hydrogens is 404 g/mol. The van der Waals surface area contributed by atoms with Crippen molar-refractivity contribution < 1.29 is 14.3 Å². The van der Waals surface area contributed by atoms with Gasteiger partial charge in [0.05, 0.1) is 12.1 Å². The molecule has 0 saturated heterocycles. The number of carbonyl (C=O) groups is 1. The summed E-state index contributed by atoms with van der Waals surface area (Å²) in [6.45, 7) is 8.02. The molecule has 1 amide bonds. The fourth-order valence-electron chi connectivity index (χ4n) is 4.83. The van der Waals surface area contributed by atoms with E-state index in [0.717, 1.165) is 35.6 Å². The van der Waals surface area contributed by atoms with Crippen LogP contribution in [-0.2, 0) is 4.79 Å². The first kappa shape index (κ1) is 22.2. The molecule has 2 aliphatic rings. The molecule has 7 heteroatoms. The summed E-state index contributed by atoms with van der Waals surface area (Å²) in [5.41, 5.74) is 2.60. The fraction of sp³-hybridized carbons (Fsp3) is 0.520. The Kier molecular flexibility index (Phi) is 6.71. The van der Waals surface area contributed by atoms with Crippen molar-refractivity contribution in [3.8, 4) is 17.6 Å². The lowest BCUT2D eigenvalue weighted by atomic mass is 10.2. The summed E-state index contributed by atoms with van der Waals surface area (Å²) in [5, 5.41) is 12.8. The number of hydrogen-bond donors (Lipinski definition) is 1. The SMILES string of the molecule is CCN(CC(=O)Nc1c(C#N)c(C)c(C)n1C1CCCC1)CC1COc2ccccc2O1. The van der Waals surface area contributed by atoms with E-state index in [2.05, 4.69) is 16.0 Å². The zero-order chi connectivity index (χ0) is 22.7. The van der Waals surface area contributed by atoms with Crippen molar-refractivity contribution in [1.82, 2.24) is 9.47 Å². The van der Waals surface area contributed by atoms with Crippen molar-refractivity contribution in [2.75, 3.05) is 31.6 Å². The van der Waals surface area contributed by atoms with E-state index in [4.69, 9.17) is 9.47 Å². The summed E-state index contributed by atoms with van der Waals surface area (Å²) in [6.07, 6.45) is 4.41. The Bertz CT molecular complexity index is 1020. The van der Waals surface area contributed by atoms with E-state index in [9.17, 15) is 10.1 Å². The van der Waals surface area contributed by atoms with Crippen molar-refractivity contribution in [3.63, 3.8) is 0 Å². The number of hydrogen-bond acceptors (Lipinski definition) is 5. The number of carbonyl (C=O) groups excluding carboxylic acids is 1. The number of aromatic nitrogens is 1. The van der Waals surface area contributed by atoms with Crippen molar-refractivity contribution in [2.45, 2.75) is 58.6 Å². The molecule has 32 heavy (non-hydrogen) atoms. The van der Waals surface area contributed by atoms with Gasteiger partial charge in [-0.25, -0.2) is 0 Å². The molecule has 0 bridgehead atoms. The number of nitrogens with zero attached hydrogens (tertiary/aromatic N) is 3. The molecule has 2 heterocycles. The Balaban J connectivity index is 1.44. The highest BCUT2D eigenvalue weighted by Gasteiger charge is 2.28. The van der Waals surface area contributed by atoms with Gasteiger partial charge < -0.3 is 19.4 Å². The molecule has 1 aromatic heterocycles. The maximum Gasteiger partial charge on any atom is 0.239 e. The Morgan fingerprint density at radius 1 is 1.25 bits per heavy atom. The lowest BCUT2D eigenvalue weighted by molar-refractivity contribution is -0.117. The van der Waals surface area contributed by atoms with Gasteiger partial charge in [0.2, 0.25) is 5.91 Å². The average Bonchev–Trinajstić information content (AvgIpc) is 3.40. The number of para-hydroxylation sites is 2. The normalized spacial score (nSPS) is 18.0. The summed E-state index contributed by atoms with van der Waals surface area (Å²) < 4.78 is 14.1. The minimum atomic E-state index is -0.140. The third-order valence-electron chi connectivity index (χ3n) is 6.66. The summed E-state index contributed by atoms with van der Waals surface area (Å²) in [5.74, 6) is 2.04. The lowest BCUT2D eigenvalue weighted by Crippen LogP contribution is -2.43. The Labute approximate surface area is 189 Å². The molecule has 1 aliphatic carbocycles. The van der Waals surface area contributed by atoms with Crippen molar-refractivity contribution in [3.05, 3.63) is 41.1 Å². The molecular formula is C25H32N4O3. The predicted molar refractivity (Wildman–Crippen MR) is 123 cm³/mol. The maximum absolute atomic E-state index is 13.0. The molecule has 0 spiro atoms. The quantitative estimate of drug-likeness (QED) is 0.704. The van der Waals surface area contributed by atoms with Crippen LogP contribution in [0.3, 0.4) is 0 Å². The second-order valence-electron chi connectivity index (χ2n) is 8.73. The number of nitriles is 1. The number of rotatable bonds is 7. The first-order valence-electron chi connectivity index (χ1n) is 11.5. The minimum absolute atomic E-state index is 0.114. The summed E-state index contributed by atoms with van der Waals surface area (Å²) in [4.78, 5) is 15.1. The van der Waals surface area contributed by atoms with E-state index in [0.29, 0.717) is 37.1 Å². The van der Waals surface area contributed by atoms with Crippen LogP contribution in [0.5, 0.6) is 11.5 Å². The van der Waals surface area contributed by atoms with Crippen molar-refractivity contribution in [1.29, 1.82) is 5.26 Å². The van der Waals surface area contributed by atoms with Crippen LogP contribution in [0.25, 0.3) is 0 Å². The molecule has 1 fully saturated rings. The van der Waals surface area contributed by atoms with Crippen LogP contribution in [0.1, 0.15) is 55.5 Å². The molecule has 7 nitrogen and oxygen atoms in total. The molecule has 0 radical (unpaired) electrons. The molecule has 1 saturated carbocycles. The Hall–Kier alpha value is -2.98. The zero-order valence-electron chi connectivity index (χ0n) is 19.2. The number of amides is 1. The minimum Gasteiger partial charge on any atom is -0.486 e. The summed E-state index contributed by atoms with van der Waals surface area (Å²) >= 11 is 0. The van der Waals surface area contributed by atoms with Crippen molar-refractivity contribution >= 4 is 11.7 Å². The van der Waals surface area contributed by atoms with Gasteiger partial charge in [0.25, 0.3) is 0 Å². The zero-order valence-corrected chi connectivity index (χ0v) is 19.2. The van der Waals surface area contributed by atoms with E-state index in [1.165, 1.54) is 12.8 Å². The van der Waals surface area contributed by atoms with Crippen LogP contribution in [0, 0.1) is 25.2 Å². The van der Waals surface area contributed by atoms with Crippen molar-refractivity contribution in [2.24, 2.45) is 0 Å². The number of anilines is 1. The first-order valence-corrected chi connectivity index (χ1v) is 11.5. The third-order valence-corrected chi connectivity index (χ3v) is 6.66. The van der Waals surface area contributed by atoms with Gasteiger partial charge in [0.15, 0.2) is 11.5 Å². The topological polar surface area (TPSA) is 79.5 Å². The standard InChI is InChI=1S/C25H32N4O3/c1-4-28(14-20-16-31-22-11-7-8-12-23(22)32-20)15-24(30)27-25-21(13-26)17(2)18(3)29(25)19-9-5-6-10-19/h7-8,11-12,19-20H,4-6,9-10,14-16H2,1-3H3,(H,27,30). The van der Waals surface area contributed by atoms with E-state index < -0.39 is 0 Å². The van der Waals surface area contributed by atoms with Gasteiger partial charge in [0, 0.05) is 18.3 Å². The van der Waals surface area contributed by atoms with Gasteiger partial charge in [-0.05, 0) is 50.9 Å².